The van der Waals surface area contributed by atoms with E-state index in [2.05, 4.69) is 34.0 Å². The quantitative estimate of drug-likeness (QED) is 0.745. The van der Waals surface area contributed by atoms with Gasteiger partial charge >= 0.3 is 0 Å². The molecular weight excluding hydrogens is 224 g/mol. The average Bonchev–Trinajstić information content (AvgIpc) is 2.28. The molecule has 0 atom stereocenters. The molecular formula is C11H19ClN4. The van der Waals surface area contributed by atoms with Gasteiger partial charge in [0.2, 0.25) is 0 Å². The Labute approximate surface area is 102 Å². The molecule has 0 aliphatic rings. The fraction of sp³-hybridized carbons (Fsp3) is 0.636. The van der Waals surface area contributed by atoms with E-state index in [9.17, 15) is 0 Å². The summed E-state index contributed by atoms with van der Waals surface area (Å²) in [4.78, 5) is 10.3. The average molecular weight is 243 g/mol. The molecule has 1 aromatic heterocycles. The molecule has 1 heterocycles. The molecule has 0 aromatic carbocycles. The largest absolute Gasteiger partial charge is 0.369 e. The molecule has 1 N–H and O–H groups in total. The van der Waals surface area contributed by atoms with Gasteiger partial charge in [-0.05, 0) is 19.5 Å². The molecule has 0 amide bonds. The van der Waals surface area contributed by atoms with Crippen LogP contribution in [-0.4, -0.2) is 41.0 Å². The Morgan fingerprint density at radius 1 is 1.31 bits per heavy atom. The van der Waals surface area contributed by atoms with E-state index in [1.165, 1.54) is 12.7 Å². The Bertz CT molecular complexity index is 306. The number of nitrogens with one attached hydrogen (secondary N) is 1. The van der Waals surface area contributed by atoms with Crippen LogP contribution in [0, 0.1) is 0 Å². The highest BCUT2D eigenvalue weighted by Crippen LogP contribution is 2.07. The molecule has 0 aliphatic carbocycles. The number of hydrogen-bond donors (Lipinski definition) is 1. The van der Waals surface area contributed by atoms with E-state index < -0.39 is 0 Å². The lowest BCUT2D eigenvalue weighted by molar-refractivity contribution is 0.300. The first kappa shape index (κ1) is 13.2. The van der Waals surface area contributed by atoms with Crippen LogP contribution in [0.2, 0.25) is 5.15 Å². The van der Waals surface area contributed by atoms with Gasteiger partial charge in [0.15, 0.2) is 0 Å². The van der Waals surface area contributed by atoms with Crippen molar-refractivity contribution in [2.45, 2.75) is 20.3 Å². The van der Waals surface area contributed by atoms with Crippen LogP contribution in [0.15, 0.2) is 12.4 Å². The van der Waals surface area contributed by atoms with Gasteiger partial charge in [0.25, 0.3) is 0 Å². The van der Waals surface area contributed by atoms with Crippen molar-refractivity contribution in [1.82, 2.24) is 14.9 Å². The van der Waals surface area contributed by atoms with Crippen LogP contribution in [0.4, 0.5) is 5.82 Å². The summed E-state index contributed by atoms with van der Waals surface area (Å²) in [6.07, 6.45) is 2.65. The van der Waals surface area contributed by atoms with Gasteiger partial charge in [-0.3, -0.25) is 0 Å². The number of nitrogens with zero attached hydrogens (tertiary/aromatic N) is 3. The molecule has 0 unspecified atom stereocenters. The Hall–Kier alpha value is -0.870. The van der Waals surface area contributed by atoms with Crippen LogP contribution in [0.1, 0.15) is 20.3 Å². The van der Waals surface area contributed by atoms with Crippen molar-refractivity contribution in [3.63, 3.8) is 0 Å². The fourth-order valence-corrected chi connectivity index (χ4v) is 1.66. The smallest absolute Gasteiger partial charge is 0.134 e. The first-order valence-electron chi connectivity index (χ1n) is 5.70. The van der Waals surface area contributed by atoms with E-state index in [0.29, 0.717) is 5.15 Å². The van der Waals surface area contributed by atoms with Crippen LogP contribution in [0.5, 0.6) is 0 Å². The molecule has 0 saturated heterocycles. The molecule has 1 rings (SSSR count). The summed E-state index contributed by atoms with van der Waals surface area (Å²) in [5, 5.41) is 3.70. The van der Waals surface area contributed by atoms with E-state index in [1.807, 2.05) is 0 Å². The standard InChI is InChI=1S/C11H19ClN4/c1-3-6-16(4-2)7-5-13-11-8-10(12)14-9-15-11/h8-9H,3-7H2,1-2H3,(H,13,14,15). The molecule has 0 radical (unpaired) electrons. The predicted molar refractivity (Wildman–Crippen MR) is 67.9 cm³/mol. The molecule has 0 saturated carbocycles. The third-order valence-corrected chi connectivity index (χ3v) is 2.56. The number of halogens is 1. The molecule has 4 nitrogen and oxygen atoms in total. The number of rotatable bonds is 7. The minimum atomic E-state index is 0.471. The highest BCUT2D eigenvalue weighted by Gasteiger charge is 2.00. The highest BCUT2D eigenvalue weighted by atomic mass is 35.5. The number of aromatic nitrogens is 2. The Balaban J connectivity index is 2.29. The molecule has 16 heavy (non-hydrogen) atoms. The van der Waals surface area contributed by atoms with E-state index in [-0.39, 0.29) is 0 Å². The second-order valence-electron chi connectivity index (χ2n) is 3.59. The molecule has 1 aromatic rings. The molecule has 5 heteroatoms. The second kappa shape index (κ2) is 7.41. The predicted octanol–water partition coefficient (Wildman–Crippen LogP) is 2.27. The molecule has 90 valence electrons. The van der Waals surface area contributed by atoms with Crippen LogP contribution in [-0.2, 0) is 0 Å². The summed E-state index contributed by atoms with van der Waals surface area (Å²) < 4.78 is 0. The zero-order valence-corrected chi connectivity index (χ0v) is 10.7. The third kappa shape index (κ3) is 4.77. The van der Waals surface area contributed by atoms with Crippen molar-refractivity contribution < 1.29 is 0 Å². The maximum Gasteiger partial charge on any atom is 0.134 e. The van der Waals surface area contributed by atoms with Crippen molar-refractivity contribution >= 4 is 17.4 Å². The topological polar surface area (TPSA) is 41.0 Å². The van der Waals surface area contributed by atoms with Crippen LogP contribution in [0.3, 0.4) is 0 Å². The maximum atomic E-state index is 5.76. The van der Waals surface area contributed by atoms with E-state index in [1.54, 1.807) is 6.07 Å². The Morgan fingerprint density at radius 2 is 2.12 bits per heavy atom. The minimum Gasteiger partial charge on any atom is -0.369 e. The van der Waals surface area contributed by atoms with Gasteiger partial charge in [0.1, 0.15) is 17.3 Å². The lowest BCUT2D eigenvalue weighted by Crippen LogP contribution is -2.29. The van der Waals surface area contributed by atoms with Crippen LogP contribution < -0.4 is 5.32 Å². The third-order valence-electron chi connectivity index (χ3n) is 2.35. The van der Waals surface area contributed by atoms with E-state index in [4.69, 9.17) is 11.6 Å². The second-order valence-corrected chi connectivity index (χ2v) is 3.97. The maximum absolute atomic E-state index is 5.76. The van der Waals surface area contributed by atoms with Gasteiger partial charge in [-0.15, -0.1) is 0 Å². The van der Waals surface area contributed by atoms with Gasteiger partial charge in [-0.1, -0.05) is 25.4 Å². The lowest BCUT2D eigenvalue weighted by atomic mass is 10.4. The number of hydrogen-bond acceptors (Lipinski definition) is 4. The van der Waals surface area contributed by atoms with Crippen LogP contribution in [0.25, 0.3) is 0 Å². The first-order chi connectivity index (χ1) is 7.76. The van der Waals surface area contributed by atoms with Crippen molar-refractivity contribution in [2.24, 2.45) is 0 Å². The Kier molecular flexibility index (Phi) is 6.11. The van der Waals surface area contributed by atoms with Gasteiger partial charge < -0.3 is 10.2 Å². The van der Waals surface area contributed by atoms with Crippen molar-refractivity contribution in [3.8, 4) is 0 Å². The lowest BCUT2D eigenvalue weighted by Gasteiger charge is -2.19. The normalized spacial score (nSPS) is 10.8. The van der Waals surface area contributed by atoms with E-state index in [0.717, 1.165) is 32.0 Å². The first-order valence-corrected chi connectivity index (χ1v) is 6.07. The summed E-state index contributed by atoms with van der Waals surface area (Å²) in [6, 6.07) is 1.73. The van der Waals surface area contributed by atoms with Crippen molar-refractivity contribution in [3.05, 3.63) is 17.5 Å². The van der Waals surface area contributed by atoms with Crippen LogP contribution >= 0.6 is 11.6 Å². The number of anilines is 1. The zero-order valence-electron chi connectivity index (χ0n) is 9.91. The van der Waals surface area contributed by atoms with Gasteiger partial charge in [-0.2, -0.15) is 0 Å². The molecule has 0 spiro atoms. The summed E-state index contributed by atoms with van der Waals surface area (Å²) in [5.74, 6) is 0.785. The molecule has 0 fully saturated rings. The zero-order chi connectivity index (χ0) is 11.8. The summed E-state index contributed by atoms with van der Waals surface area (Å²) >= 11 is 5.76. The minimum absolute atomic E-state index is 0.471. The molecule has 0 aliphatic heterocycles. The van der Waals surface area contributed by atoms with Gasteiger partial charge in [0.05, 0.1) is 0 Å². The molecule has 0 bridgehead atoms. The SMILES string of the molecule is CCCN(CC)CCNc1cc(Cl)ncn1. The fourth-order valence-electron chi connectivity index (χ4n) is 1.52. The summed E-state index contributed by atoms with van der Waals surface area (Å²) in [5.41, 5.74) is 0. The summed E-state index contributed by atoms with van der Waals surface area (Å²) in [6.45, 7) is 8.49. The van der Waals surface area contributed by atoms with Crippen molar-refractivity contribution in [2.75, 3.05) is 31.5 Å². The van der Waals surface area contributed by atoms with Gasteiger partial charge in [0, 0.05) is 19.2 Å². The van der Waals surface area contributed by atoms with E-state index >= 15 is 0 Å². The monoisotopic (exact) mass is 242 g/mol. The van der Waals surface area contributed by atoms with Crippen molar-refractivity contribution in [1.29, 1.82) is 0 Å². The van der Waals surface area contributed by atoms with Gasteiger partial charge in [-0.25, -0.2) is 9.97 Å². The number of likely N-dealkylation sites (N-methyl/N-ethyl adjacent to an activating group) is 1. The highest BCUT2D eigenvalue weighted by molar-refractivity contribution is 6.29. The Morgan fingerprint density at radius 3 is 2.75 bits per heavy atom. The summed E-state index contributed by atoms with van der Waals surface area (Å²) in [7, 11) is 0.